The molecule has 7 aromatic carbocycles. The van der Waals surface area contributed by atoms with Crippen molar-refractivity contribution >= 4 is 88.4 Å². The van der Waals surface area contributed by atoms with E-state index in [9.17, 15) is 29.4 Å². The summed E-state index contributed by atoms with van der Waals surface area (Å²) in [5.41, 5.74) is 9.78. The van der Waals surface area contributed by atoms with Gasteiger partial charge >= 0.3 is 11.9 Å². The molecule has 0 aliphatic heterocycles. The molecule has 36 heavy (non-hydrogen) atoms. The van der Waals surface area contributed by atoms with Crippen molar-refractivity contribution in [2.45, 2.75) is 0 Å². The van der Waals surface area contributed by atoms with E-state index in [-0.39, 0.29) is 16.3 Å². The van der Waals surface area contributed by atoms with E-state index >= 15 is 0 Å². The van der Waals surface area contributed by atoms with Crippen LogP contribution in [0.3, 0.4) is 0 Å². The van der Waals surface area contributed by atoms with Crippen molar-refractivity contribution < 1.29 is 29.4 Å². The monoisotopic (exact) mass is 474 g/mol. The summed E-state index contributed by atoms with van der Waals surface area (Å²) in [6.07, 6.45) is 0. The number of carboxylic acids is 2. The average Bonchev–Trinajstić information content (AvgIpc) is 2.84. The third kappa shape index (κ3) is 2.10. The van der Waals surface area contributed by atoms with Gasteiger partial charge in [0.25, 0.3) is 0 Å². The van der Waals surface area contributed by atoms with E-state index in [0.717, 1.165) is 32.3 Å². The van der Waals surface area contributed by atoms with Crippen LogP contribution in [0.2, 0.25) is 0 Å². The fraction of sp³-hybridized carbons (Fsp3) is 0. The molecule has 0 radical (unpaired) electrons. The lowest BCUT2D eigenvalue weighted by molar-refractivity contribution is 0.0655. The van der Waals surface area contributed by atoms with Crippen molar-refractivity contribution in [3.8, 4) is 0 Å². The Kier molecular flexibility index (Phi) is 3.50. The molecule has 0 unspecified atom stereocenters. The van der Waals surface area contributed by atoms with Gasteiger partial charge in [0.15, 0.2) is 0 Å². The van der Waals surface area contributed by atoms with Crippen LogP contribution in [-0.4, -0.2) is 34.0 Å². The van der Waals surface area contributed by atoms with Gasteiger partial charge in [-0.15, -0.1) is 0 Å². The van der Waals surface area contributed by atoms with Gasteiger partial charge in [-0.05, 0) is 53.9 Å². The zero-order chi connectivity index (χ0) is 25.2. The molecule has 6 N–H and O–H groups in total. The van der Waals surface area contributed by atoms with E-state index in [1.165, 1.54) is 0 Å². The van der Waals surface area contributed by atoms with Crippen LogP contribution in [0.4, 0.5) is 0 Å². The van der Waals surface area contributed by atoms with Crippen molar-refractivity contribution in [1.29, 1.82) is 0 Å². The highest BCUT2D eigenvalue weighted by atomic mass is 16.4. The van der Waals surface area contributed by atoms with Crippen LogP contribution < -0.4 is 11.5 Å². The van der Waals surface area contributed by atoms with Crippen molar-refractivity contribution in [2.75, 3.05) is 0 Å². The van der Waals surface area contributed by atoms with Gasteiger partial charge in [-0.3, -0.25) is 9.59 Å². The molecule has 0 aromatic heterocycles. The van der Waals surface area contributed by atoms with Crippen LogP contribution in [-0.2, 0) is 0 Å². The summed E-state index contributed by atoms with van der Waals surface area (Å²) < 4.78 is 0. The van der Waals surface area contributed by atoms with Crippen LogP contribution in [0, 0.1) is 0 Å². The fourth-order valence-electron chi connectivity index (χ4n) is 6.19. The van der Waals surface area contributed by atoms with Gasteiger partial charge in [0.05, 0.1) is 22.3 Å². The Morgan fingerprint density at radius 1 is 0.444 bits per heavy atom. The molecular weight excluding hydrogens is 460 g/mol. The molecule has 0 saturated heterocycles. The molecule has 0 aliphatic carbocycles. The normalized spacial score (nSPS) is 12.2. The van der Waals surface area contributed by atoms with Gasteiger partial charge in [-0.1, -0.05) is 48.5 Å². The van der Waals surface area contributed by atoms with Crippen LogP contribution in [0.5, 0.6) is 0 Å². The first-order chi connectivity index (χ1) is 17.2. The number of aromatic carboxylic acids is 2. The van der Waals surface area contributed by atoms with Crippen LogP contribution >= 0.6 is 0 Å². The van der Waals surface area contributed by atoms with Gasteiger partial charge in [-0.2, -0.15) is 0 Å². The van der Waals surface area contributed by atoms with Crippen LogP contribution in [0.25, 0.3) is 64.6 Å². The number of hydrogen-bond donors (Lipinski definition) is 4. The minimum Gasteiger partial charge on any atom is -0.478 e. The number of carbonyl (C=O) groups is 4. The summed E-state index contributed by atoms with van der Waals surface area (Å²) in [5, 5.41) is 27.2. The average molecular weight is 474 g/mol. The topological polar surface area (TPSA) is 161 Å². The first-order valence-corrected chi connectivity index (χ1v) is 11.0. The second kappa shape index (κ2) is 6.25. The van der Waals surface area contributed by atoms with Crippen molar-refractivity contribution in [1.82, 2.24) is 0 Å². The van der Waals surface area contributed by atoms with E-state index in [1.54, 1.807) is 18.2 Å². The molecule has 8 nitrogen and oxygen atoms in total. The van der Waals surface area contributed by atoms with Gasteiger partial charge in [0.1, 0.15) is 0 Å². The van der Waals surface area contributed by atoms with Gasteiger partial charge in [0.2, 0.25) is 11.8 Å². The summed E-state index contributed by atoms with van der Waals surface area (Å²) in [5.74, 6) is -5.08. The molecule has 0 aliphatic rings. The minimum atomic E-state index is -1.56. The number of carboxylic acid groups (broad SMARTS) is 2. The van der Waals surface area contributed by atoms with Gasteiger partial charge < -0.3 is 21.7 Å². The Balaban J connectivity index is 2.06. The zero-order valence-corrected chi connectivity index (χ0v) is 18.3. The zero-order valence-electron chi connectivity index (χ0n) is 18.3. The number of primary amides is 2. The van der Waals surface area contributed by atoms with E-state index < -0.39 is 40.4 Å². The first kappa shape index (κ1) is 20.2. The lowest BCUT2D eigenvalue weighted by Gasteiger charge is -2.25. The molecule has 0 heterocycles. The summed E-state index contributed by atoms with van der Waals surface area (Å²) >= 11 is 0. The van der Waals surface area contributed by atoms with E-state index in [1.807, 2.05) is 30.3 Å². The molecule has 0 spiro atoms. The van der Waals surface area contributed by atoms with Crippen molar-refractivity contribution in [3.05, 3.63) is 70.8 Å². The Hall–Kier alpha value is -5.24. The molecule has 0 atom stereocenters. The minimum absolute atomic E-state index is 0.187. The molecule has 172 valence electrons. The number of carbonyl (C=O) groups excluding carboxylic acids is 2. The lowest BCUT2D eigenvalue weighted by Crippen LogP contribution is -2.23. The maximum atomic E-state index is 12.8. The van der Waals surface area contributed by atoms with E-state index in [2.05, 4.69) is 0 Å². The summed E-state index contributed by atoms with van der Waals surface area (Å²) in [6, 6.07) is 14.6. The number of benzene rings is 7. The predicted octanol–water partition coefficient (Wildman–Crippen LogP) is 4.51. The maximum absolute atomic E-state index is 12.8. The van der Waals surface area contributed by atoms with E-state index in [0.29, 0.717) is 21.5 Å². The Labute approximate surface area is 200 Å². The lowest BCUT2D eigenvalue weighted by atomic mass is 9.77. The molecule has 0 bridgehead atoms. The standard InChI is InChI=1S/C28H14N2O6/c29-25(31)19-12-7-5-10-3-1-9-2-4-11-6-8-13-18-16(11)14(9)15(10)17(12)21(18)22(23(19)26(30)32)24(28(35)36)20(13)27(33)34/h1-8H,(H2,29,31)(H2,30,32)(H,33,34)(H,35,36). The predicted molar refractivity (Wildman–Crippen MR) is 136 cm³/mol. The number of nitrogens with two attached hydrogens (primary N) is 2. The largest absolute Gasteiger partial charge is 0.478 e. The van der Waals surface area contributed by atoms with Crippen LogP contribution in [0.15, 0.2) is 48.5 Å². The smallest absolute Gasteiger partial charge is 0.337 e. The number of amides is 2. The third-order valence-corrected chi connectivity index (χ3v) is 7.36. The highest BCUT2D eigenvalue weighted by Gasteiger charge is 2.34. The second-order valence-corrected chi connectivity index (χ2v) is 8.99. The molecule has 7 rings (SSSR count). The molecule has 0 saturated carbocycles. The quantitative estimate of drug-likeness (QED) is 0.217. The summed E-state index contributed by atoms with van der Waals surface area (Å²) in [7, 11) is 0. The molecule has 2 amide bonds. The van der Waals surface area contributed by atoms with Crippen LogP contribution in [0.1, 0.15) is 41.4 Å². The molecular formula is C28H14N2O6. The van der Waals surface area contributed by atoms with Crippen molar-refractivity contribution in [2.24, 2.45) is 11.5 Å². The van der Waals surface area contributed by atoms with Crippen molar-refractivity contribution in [3.63, 3.8) is 0 Å². The third-order valence-electron chi connectivity index (χ3n) is 7.36. The first-order valence-electron chi connectivity index (χ1n) is 11.0. The highest BCUT2D eigenvalue weighted by Crippen LogP contribution is 2.51. The number of rotatable bonds is 4. The Bertz CT molecular complexity index is 2020. The van der Waals surface area contributed by atoms with Gasteiger partial charge in [-0.25, -0.2) is 9.59 Å². The maximum Gasteiger partial charge on any atom is 0.337 e. The second-order valence-electron chi connectivity index (χ2n) is 8.99. The summed E-state index contributed by atoms with van der Waals surface area (Å²) in [4.78, 5) is 50.8. The Morgan fingerprint density at radius 2 is 0.833 bits per heavy atom. The fourth-order valence-corrected chi connectivity index (χ4v) is 6.19. The highest BCUT2D eigenvalue weighted by molar-refractivity contribution is 6.49. The Morgan fingerprint density at radius 3 is 1.25 bits per heavy atom. The number of hydrogen-bond acceptors (Lipinski definition) is 4. The van der Waals surface area contributed by atoms with Gasteiger partial charge in [0, 0.05) is 10.8 Å². The SMILES string of the molecule is NC(=O)c1c(C(N)=O)c2c(C(=O)O)c(C(=O)O)c3ccc4ccc5ccc6ccc1c1c6c5c4c3c21. The molecule has 0 fully saturated rings. The summed E-state index contributed by atoms with van der Waals surface area (Å²) in [6.45, 7) is 0. The van der Waals surface area contributed by atoms with E-state index in [4.69, 9.17) is 11.5 Å². The molecule has 8 heteroatoms. The molecule has 7 aromatic rings.